The molecule has 1 aliphatic heterocycles. The molecule has 0 saturated carbocycles. The first-order chi connectivity index (χ1) is 9.24. The Hall–Kier alpha value is -1.94. The summed E-state index contributed by atoms with van der Waals surface area (Å²) in [5.41, 5.74) is 10.5. The summed E-state index contributed by atoms with van der Waals surface area (Å²) in [6, 6.07) is 8.29. The van der Waals surface area contributed by atoms with Gasteiger partial charge in [-0.1, -0.05) is 24.3 Å². The maximum absolute atomic E-state index is 6.00. The normalized spacial score (nSPS) is 14.2. The summed E-state index contributed by atoms with van der Waals surface area (Å²) >= 11 is 0. The second-order valence-electron chi connectivity index (χ2n) is 4.86. The predicted octanol–water partition coefficient (Wildman–Crippen LogP) is 2.03. The van der Waals surface area contributed by atoms with E-state index in [0.29, 0.717) is 19.0 Å². The van der Waals surface area contributed by atoms with Crippen LogP contribution < -0.4 is 5.73 Å². The molecule has 0 radical (unpaired) electrons. The number of rotatable bonds is 2. The van der Waals surface area contributed by atoms with Crippen molar-refractivity contribution in [3.8, 4) is 0 Å². The molecule has 2 N–H and O–H groups in total. The third kappa shape index (κ3) is 2.44. The van der Waals surface area contributed by atoms with Crippen LogP contribution in [0.4, 0.5) is 5.82 Å². The van der Waals surface area contributed by atoms with Crippen molar-refractivity contribution in [2.24, 2.45) is 0 Å². The minimum atomic E-state index is 0.534. The third-order valence-corrected chi connectivity index (χ3v) is 3.51. The monoisotopic (exact) mass is 255 g/mol. The number of anilines is 1. The Bertz CT molecular complexity index is 610. The van der Waals surface area contributed by atoms with Gasteiger partial charge in [0.1, 0.15) is 11.6 Å². The van der Waals surface area contributed by atoms with Crippen LogP contribution in [0.25, 0.3) is 0 Å². The Labute approximate surface area is 112 Å². The molecule has 0 bridgehead atoms. The fourth-order valence-corrected chi connectivity index (χ4v) is 2.37. The van der Waals surface area contributed by atoms with Crippen molar-refractivity contribution in [2.45, 2.75) is 26.4 Å². The van der Waals surface area contributed by atoms with Crippen LogP contribution >= 0.6 is 0 Å². The van der Waals surface area contributed by atoms with Gasteiger partial charge in [0.15, 0.2) is 0 Å². The Kier molecular flexibility index (Phi) is 3.17. The van der Waals surface area contributed by atoms with Crippen LogP contribution in [0, 0.1) is 6.92 Å². The van der Waals surface area contributed by atoms with Crippen molar-refractivity contribution in [1.82, 2.24) is 9.97 Å². The van der Waals surface area contributed by atoms with Crippen LogP contribution in [0.2, 0.25) is 0 Å². The van der Waals surface area contributed by atoms with Crippen molar-refractivity contribution >= 4 is 5.82 Å². The van der Waals surface area contributed by atoms with Gasteiger partial charge in [0.2, 0.25) is 0 Å². The summed E-state index contributed by atoms with van der Waals surface area (Å²) in [5, 5.41) is 0. The van der Waals surface area contributed by atoms with Crippen LogP contribution in [-0.2, 0) is 24.2 Å². The average Bonchev–Trinajstić information content (AvgIpc) is 2.42. The molecule has 0 atom stereocenters. The molecule has 0 spiro atoms. The zero-order valence-corrected chi connectivity index (χ0v) is 11.0. The van der Waals surface area contributed by atoms with E-state index in [-0.39, 0.29) is 0 Å². The first-order valence-corrected chi connectivity index (χ1v) is 6.50. The van der Waals surface area contributed by atoms with E-state index in [1.54, 1.807) is 0 Å². The molecule has 19 heavy (non-hydrogen) atoms. The second kappa shape index (κ2) is 4.97. The number of nitrogen functional groups attached to an aromatic ring is 1. The highest BCUT2D eigenvalue weighted by molar-refractivity contribution is 5.43. The van der Waals surface area contributed by atoms with E-state index in [2.05, 4.69) is 29.0 Å². The zero-order chi connectivity index (χ0) is 13.2. The van der Waals surface area contributed by atoms with Crippen LogP contribution in [0.1, 0.15) is 28.2 Å². The molecule has 2 heterocycles. The van der Waals surface area contributed by atoms with Gasteiger partial charge in [0, 0.05) is 18.4 Å². The number of benzene rings is 1. The Morgan fingerprint density at radius 3 is 2.95 bits per heavy atom. The fraction of sp³-hybridized carbons (Fsp3) is 0.333. The number of ether oxygens (including phenoxy) is 1. The minimum Gasteiger partial charge on any atom is -0.383 e. The number of nitrogens with zero attached hydrogens (tertiary/aromatic N) is 2. The summed E-state index contributed by atoms with van der Waals surface area (Å²) in [5.74, 6) is 1.36. The van der Waals surface area contributed by atoms with Gasteiger partial charge >= 0.3 is 0 Å². The lowest BCUT2D eigenvalue weighted by Gasteiger charge is -2.17. The van der Waals surface area contributed by atoms with Crippen LogP contribution in [0.15, 0.2) is 24.3 Å². The number of aromatic nitrogens is 2. The number of hydrogen-bond donors (Lipinski definition) is 1. The van der Waals surface area contributed by atoms with Gasteiger partial charge in [0.25, 0.3) is 0 Å². The fourth-order valence-electron chi connectivity index (χ4n) is 2.37. The van der Waals surface area contributed by atoms with Gasteiger partial charge in [-0.05, 0) is 18.1 Å². The lowest BCUT2D eigenvalue weighted by atomic mass is 10.0. The van der Waals surface area contributed by atoms with E-state index < -0.39 is 0 Å². The van der Waals surface area contributed by atoms with Gasteiger partial charge < -0.3 is 10.5 Å². The molecule has 3 rings (SSSR count). The third-order valence-electron chi connectivity index (χ3n) is 3.51. The zero-order valence-electron chi connectivity index (χ0n) is 11.0. The number of fused-ring (bicyclic) bond motifs is 1. The Morgan fingerprint density at radius 1 is 1.26 bits per heavy atom. The summed E-state index contributed by atoms with van der Waals surface area (Å²) < 4.78 is 5.39. The van der Waals surface area contributed by atoms with Crippen molar-refractivity contribution in [3.05, 3.63) is 52.5 Å². The smallest absolute Gasteiger partial charge is 0.135 e. The Morgan fingerprint density at radius 2 is 2.11 bits per heavy atom. The molecule has 0 saturated heterocycles. The van der Waals surface area contributed by atoms with Crippen molar-refractivity contribution in [2.75, 3.05) is 12.3 Å². The molecule has 1 aromatic heterocycles. The molecule has 2 aromatic rings. The highest BCUT2D eigenvalue weighted by Crippen LogP contribution is 2.21. The second-order valence-corrected chi connectivity index (χ2v) is 4.86. The van der Waals surface area contributed by atoms with Crippen molar-refractivity contribution in [1.29, 1.82) is 0 Å². The van der Waals surface area contributed by atoms with E-state index in [1.165, 1.54) is 11.1 Å². The van der Waals surface area contributed by atoms with Crippen molar-refractivity contribution < 1.29 is 4.74 Å². The molecular weight excluding hydrogens is 238 g/mol. The van der Waals surface area contributed by atoms with Gasteiger partial charge in [0.05, 0.1) is 18.9 Å². The van der Waals surface area contributed by atoms with E-state index in [1.807, 2.05) is 12.1 Å². The molecule has 1 aromatic carbocycles. The largest absolute Gasteiger partial charge is 0.383 e. The number of nitrogens with two attached hydrogens (primary N) is 1. The molecule has 0 amide bonds. The van der Waals surface area contributed by atoms with Crippen LogP contribution in [-0.4, -0.2) is 16.6 Å². The summed E-state index contributed by atoms with van der Waals surface area (Å²) in [4.78, 5) is 9.05. The molecule has 0 aliphatic carbocycles. The minimum absolute atomic E-state index is 0.534. The molecule has 0 unspecified atom stereocenters. The van der Waals surface area contributed by atoms with Crippen LogP contribution in [0.3, 0.4) is 0 Å². The Balaban J connectivity index is 1.94. The average molecular weight is 255 g/mol. The molecule has 0 fully saturated rings. The molecule has 4 heteroatoms. The van der Waals surface area contributed by atoms with Gasteiger partial charge in [-0.25, -0.2) is 9.97 Å². The highest BCUT2D eigenvalue weighted by atomic mass is 16.5. The van der Waals surface area contributed by atoms with Gasteiger partial charge in [-0.2, -0.15) is 0 Å². The van der Waals surface area contributed by atoms with E-state index in [4.69, 9.17) is 10.5 Å². The highest BCUT2D eigenvalue weighted by Gasteiger charge is 2.16. The van der Waals surface area contributed by atoms with Crippen LogP contribution in [0.5, 0.6) is 0 Å². The molecular formula is C15H17N3O. The SMILES string of the molecule is Cc1ccccc1Cc1nc(N)c2c(n1)CCOC2. The first kappa shape index (κ1) is 12.1. The predicted molar refractivity (Wildman–Crippen MR) is 73.8 cm³/mol. The van der Waals surface area contributed by atoms with Crippen molar-refractivity contribution in [3.63, 3.8) is 0 Å². The number of hydrogen-bond acceptors (Lipinski definition) is 4. The lowest BCUT2D eigenvalue weighted by molar-refractivity contribution is 0.109. The van der Waals surface area contributed by atoms with E-state index in [9.17, 15) is 0 Å². The quantitative estimate of drug-likeness (QED) is 0.892. The summed E-state index contributed by atoms with van der Waals surface area (Å²) in [7, 11) is 0. The first-order valence-electron chi connectivity index (χ1n) is 6.50. The van der Waals surface area contributed by atoms with Gasteiger partial charge in [-0.15, -0.1) is 0 Å². The standard InChI is InChI=1S/C15H17N3O/c1-10-4-2-3-5-11(10)8-14-17-13-6-7-19-9-12(13)15(16)18-14/h2-5H,6-9H2,1H3,(H2,16,17,18). The molecule has 98 valence electrons. The van der Waals surface area contributed by atoms with E-state index >= 15 is 0 Å². The summed E-state index contributed by atoms with van der Waals surface area (Å²) in [6.07, 6.45) is 1.55. The molecule has 1 aliphatic rings. The van der Waals surface area contributed by atoms with Gasteiger partial charge in [-0.3, -0.25) is 0 Å². The number of aryl methyl sites for hydroxylation is 1. The maximum atomic E-state index is 6.00. The summed E-state index contributed by atoms with van der Waals surface area (Å²) in [6.45, 7) is 3.35. The molecule has 4 nitrogen and oxygen atoms in total. The van der Waals surface area contributed by atoms with E-state index in [0.717, 1.165) is 29.9 Å². The maximum Gasteiger partial charge on any atom is 0.135 e. The topological polar surface area (TPSA) is 61.0 Å². The lowest BCUT2D eigenvalue weighted by Crippen LogP contribution is -2.17.